The van der Waals surface area contributed by atoms with Crippen molar-refractivity contribution in [1.82, 2.24) is 4.98 Å². The molecule has 5 nitrogen and oxygen atoms in total. The minimum atomic E-state index is -0.137. The van der Waals surface area contributed by atoms with Gasteiger partial charge in [-0.05, 0) is 35.4 Å². The van der Waals surface area contributed by atoms with Crippen LogP contribution in [0.3, 0.4) is 0 Å². The number of nitrogens with zero attached hydrogens (tertiary/aromatic N) is 2. The Bertz CT molecular complexity index is 1080. The number of hydrogen-bond donors (Lipinski definition) is 0. The number of aromatic nitrogens is 1. The van der Waals surface area contributed by atoms with E-state index in [9.17, 15) is 4.79 Å². The maximum absolute atomic E-state index is 12.9. The van der Waals surface area contributed by atoms with Crippen LogP contribution in [0, 0.1) is 0 Å². The Labute approximate surface area is 169 Å². The monoisotopic (exact) mass is 384 g/mol. The summed E-state index contributed by atoms with van der Waals surface area (Å²) in [5.41, 5.74) is 5.05. The van der Waals surface area contributed by atoms with Crippen LogP contribution in [0.1, 0.15) is 27.2 Å². The van der Waals surface area contributed by atoms with Gasteiger partial charge in [0.2, 0.25) is 0 Å². The third-order valence-corrected chi connectivity index (χ3v) is 5.50. The van der Waals surface area contributed by atoms with E-state index in [0.29, 0.717) is 34.1 Å². The zero-order valence-corrected chi connectivity index (χ0v) is 16.1. The van der Waals surface area contributed by atoms with Crippen molar-refractivity contribution in [2.24, 2.45) is 0 Å². The molecule has 2 aromatic carbocycles. The lowest BCUT2D eigenvalue weighted by molar-refractivity contribution is 0.101. The van der Waals surface area contributed by atoms with Crippen molar-refractivity contribution in [3.63, 3.8) is 0 Å². The Kier molecular flexibility index (Phi) is 4.09. The largest absolute Gasteiger partial charge is 0.493 e. The molecule has 2 aliphatic rings. The molecule has 0 atom stereocenters. The van der Waals surface area contributed by atoms with Gasteiger partial charge in [-0.1, -0.05) is 30.8 Å². The van der Waals surface area contributed by atoms with Crippen molar-refractivity contribution >= 4 is 17.3 Å². The highest BCUT2D eigenvalue weighted by molar-refractivity contribution is 6.21. The second-order valence-corrected chi connectivity index (χ2v) is 7.24. The number of rotatable bonds is 4. The quantitative estimate of drug-likeness (QED) is 0.674. The SMILES string of the molecule is C=C1c2ncccc2C(=O)N1c1ccc(OC)c(OC2Cc3ccccc3C2)c1. The molecule has 1 aliphatic carbocycles. The molecular formula is C24H20N2O3. The molecule has 144 valence electrons. The lowest BCUT2D eigenvalue weighted by Gasteiger charge is -2.21. The van der Waals surface area contributed by atoms with Crippen molar-refractivity contribution in [3.05, 3.63) is 89.8 Å². The van der Waals surface area contributed by atoms with Crippen molar-refractivity contribution in [3.8, 4) is 11.5 Å². The summed E-state index contributed by atoms with van der Waals surface area (Å²) < 4.78 is 11.8. The van der Waals surface area contributed by atoms with Crippen molar-refractivity contribution in [2.75, 3.05) is 12.0 Å². The van der Waals surface area contributed by atoms with Crippen LogP contribution in [0.2, 0.25) is 0 Å². The number of carbonyl (C=O) groups is 1. The summed E-state index contributed by atoms with van der Waals surface area (Å²) in [6.45, 7) is 4.08. The Morgan fingerprint density at radius 2 is 1.79 bits per heavy atom. The summed E-state index contributed by atoms with van der Waals surface area (Å²) in [6.07, 6.45) is 3.41. The number of fused-ring (bicyclic) bond motifs is 2. The topological polar surface area (TPSA) is 51.7 Å². The summed E-state index contributed by atoms with van der Waals surface area (Å²) >= 11 is 0. The lowest BCUT2D eigenvalue weighted by atomic mass is 10.1. The van der Waals surface area contributed by atoms with Gasteiger partial charge in [0.25, 0.3) is 5.91 Å². The molecule has 1 amide bonds. The van der Waals surface area contributed by atoms with Gasteiger partial charge in [-0.25, -0.2) is 0 Å². The van der Waals surface area contributed by atoms with Crippen LogP contribution in [0.5, 0.6) is 11.5 Å². The van der Waals surface area contributed by atoms with Gasteiger partial charge in [0, 0.05) is 25.1 Å². The number of carbonyl (C=O) groups excluding carboxylic acids is 1. The van der Waals surface area contributed by atoms with Crippen LogP contribution >= 0.6 is 0 Å². The minimum Gasteiger partial charge on any atom is -0.493 e. The molecule has 0 radical (unpaired) electrons. The lowest BCUT2D eigenvalue weighted by Crippen LogP contribution is -2.22. The standard InChI is InChI=1S/C24H20N2O3/c1-15-23-20(8-5-11-25-23)24(27)26(15)18-9-10-21(28-2)22(14-18)29-19-12-16-6-3-4-7-17(16)13-19/h3-11,14,19H,1,12-13H2,2H3. The molecule has 1 aromatic heterocycles. The maximum Gasteiger partial charge on any atom is 0.265 e. The molecule has 0 saturated carbocycles. The van der Waals surface area contributed by atoms with E-state index in [1.165, 1.54) is 11.1 Å². The number of methoxy groups -OCH3 is 1. The Morgan fingerprint density at radius 1 is 1.03 bits per heavy atom. The van der Waals surface area contributed by atoms with Crippen molar-refractivity contribution in [1.29, 1.82) is 0 Å². The van der Waals surface area contributed by atoms with Gasteiger partial charge in [0.1, 0.15) is 6.10 Å². The predicted molar refractivity (Wildman–Crippen MR) is 111 cm³/mol. The third-order valence-electron chi connectivity index (χ3n) is 5.50. The molecule has 0 unspecified atom stereocenters. The Hall–Kier alpha value is -3.60. The molecule has 0 bridgehead atoms. The van der Waals surface area contributed by atoms with E-state index < -0.39 is 0 Å². The maximum atomic E-state index is 12.9. The molecular weight excluding hydrogens is 364 g/mol. The highest BCUT2D eigenvalue weighted by Crippen LogP contribution is 2.39. The Balaban J connectivity index is 1.45. The number of benzene rings is 2. The molecule has 5 rings (SSSR count). The van der Waals surface area contributed by atoms with Crippen LogP contribution in [0.25, 0.3) is 5.70 Å². The molecule has 2 heterocycles. The average Bonchev–Trinajstić information content (AvgIpc) is 3.26. The molecule has 29 heavy (non-hydrogen) atoms. The Morgan fingerprint density at radius 3 is 2.48 bits per heavy atom. The number of hydrogen-bond acceptors (Lipinski definition) is 4. The fourth-order valence-corrected chi connectivity index (χ4v) is 4.11. The molecule has 1 aliphatic heterocycles. The molecule has 3 aromatic rings. The summed E-state index contributed by atoms with van der Waals surface area (Å²) in [6, 6.07) is 17.4. The van der Waals surface area contributed by atoms with Gasteiger partial charge < -0.3 is 9.47 Å². The van der Waals surface area contributed by atoms with Gasteiger partial charge in [0.15, 0.2) is 11.5 Å². The normalized spacial score (nSPS) is 15.4. The first-order valence-corrected chi connectivity index (χ1v) is 9.56. The fourth-order valence-electron chi connectivity index (χ4n) is 4.11. The first-order chi connectivity index (χ1) is 14.2. The van der Waals surface area contributed by atoms with Gasteiger partial charge in [-0.2, -0.15) is 0 Å². The van der Waals surface area contributed by atoms with E-state index in [-0.39, 0.29) is 12.0 Å². The first-order valence-electron chi connectivity index (χ1n) is 9.56. The first kappa shape index (κ1) is 17.5. The molecule has 0 saturated heterocycles. The third kappa shape index (κ3) is 2.86. The summed E-state index contributed by atoms with van der Waals surface area (Å²) in [5.74, 6) is 1.12. The zero-order valence-electron chi connectivity index (χ0n) is 16.1. The number of ether oxygens (including phenoxy) is 2. The zero-order chi connectivity index (χ0) is 20.0. The average molecular weight is 384 g/mol. The van der Waals surface area contributed by atoms with Gasteiger partial charge in [-0.15, -0.1) is 0 Å². The van der Waals surface area contributed by atoms with Crippen molar-refractivity contribution in [2.45, 2.75) is 18.9 Å². The number of anilines is 1. The smallest absolute Gasteiger partial charge is 0.265 e. The van der Waals surface area contributed by atoms with Gasteiger partial charge >= 0.3 is 0 Å². The number of pyridine rings is 1. The van der Waals surface area contributed by atoms with E-state index >= 15 is 0 Å². The van der Waals surface area contributed by atoms with Crippen molar-refractivity contribution < 1.29 is 14.3 Å². The second kappa shape index (κ2) is 6.78. The van der Waals surface area contributed by atoms with Crippen LogP contribution in [-0.4, -0.2) is 24.1 Å². The van der Waals surface area contributed by atoms with Crippen LogP contribution in [0.15, 0.2) is 67.4 Å². The van der Waals surface area contributed by atoms with Gasteiger partial charge in [0.05, 0.1) is 29.8 Å². The van der Waals surface area contributed by atoms with E-state index in [1.807, 2.05) is 18.2 Å². The predicted octanol–water partition coefficient (Wildman–Crippen LogP) is 4.27. The van der Waals surface area contributed by atoms with E-state index in [1.54, 1.807) is 30.3 Å². The second-order valence-electron chi connectivity index (χ2n) is 7.24. The van der Waals surface area contributed by atoms with E-state index in [4.69, 9.17) is 9.47 Å². The molecule has 5 heteroatoms. The molecule has 0 N–H and O–H groups in total. The fraction of sp³-hybridized carbons (Fsp3) is 0.167. The summed E-state index contributed by atoms with van der Waals surface area (Å²) in [4.78, 5) is 18.8. The highest BCUT2D eigenvalue weighted by atomic mass is 16.5. The number of amides is 1. The minimum absolute atomic E-state index is 0.0351. The van der Waals surface area contributed by atoms with Crippen LogP contribution in [-0.2, 0) is 12.8 Å². The van der Waals surface area contributed by atoms with Gasteiger partial charge in [-0.3, -0.25) is 14.7 Å². The van der Waals surface area contributed by atoms with Crippen LogP contribution < -0.4 is 14.4 Å². The molecule has 0 spiro atoms. The molecule has 0 fully saturated rings. The summed E-state index contributed by atoms with van der Waals surface area (Å²) in [5, 5.41) is 0. The summed E-state index contributed by atoms with van der Waals surface area (Å²) in [7, 11) is 1.62. The van der Waals surface area contributed by atoms with E-state index in [2.05, 4.69) is 35.8 Å². The highest BCUT2D eigenvalue weighted by Gasteiger charge is 2.34. The van der Waals surface area contributed by atoms with E-state index in [0.717, 1.165) is 12.8 Å². The van der Waals surface area contributed by atoms with Crippen LogP contribution in [0.4, 0.5) is 5.69 Å².